The zero-order chi connectivity index (χ0) is 18.1. The number of amides is 1. The van der Waals surface area contributed by atoms with Crippen LogP contribution in [0.1, 0.15) is 29.6 Å². The van der Waals surface area contributed by atoms with E-state index in [0.717, 1.165) is 32.4 Å². The fraction of sp³-hybridized carbons (Fsp3) is 0.300. The molecular formula is C20H24ClN3O. The number of carbonyl (C=O) groups is 1. The van der Waals surface area contributed by atoms with Gasteiger partial charge in [0.15, 0.2) is 0 Å². The molecule has 1 amide bonds. The van der Waals surface area contributed by atoms with Crippen LogP contribution in [-0.2, 0) is 0 Å². The molecule has 1 aliphatic heterocycles. The Balaban J connectivity index is 1.85. The van der Waals surface area contributed by atoms with Crippen molar-refractivity contribution < 1.29 is 4.79 Å². The first-order valence-electron chi connectivity index (χ1n) is 8.35. The fourth-order valence-corrected chi connectivity index (χ4v) is 2.63. The minimum Gasteiger partial charge on any atom is -0.307 e. The number of halogens is 1. The van der Waals surface area contributed by atoms with Gasteiger partial charge in [-0.15, -0.1) is 0 Å². The predicted molar refractivity (Wildman–Crippen MR) is 105 cm³/mol. The number of likely N-dealkylation sites (tertiary alicyclic amines) is 1. The summed E-state index contributed by atoms with van der Waals surface area (Å²) < 4.78 is 0. The summed E-state index contributed by atoms with van der Waals surface area (Å²) >= 11 is 5.82. The number of hydrogen-bond acceptors (Lipinski definition) is 3. The number of nitrogens with one attached hydrogen (secondary N) is 1. The van der Waals surface area contributed by atoms with Crippen LogP contribution in [0.15, 0.2) is 65.0 Å². The Bertz CT molecular complexity index is 679. The van der Waals surface area contributed by atoms with Crippen molar-refractivity contribution in [2.45, 2.75) is 19.3 Å². The van der Waals surface area contributed by atoms with Crippen LogP contribution in [-0.4, -0.2) is 37.7 Å². The van der Waals surface area contributed by atoms with Crippen LogP contribution in [0.4, 0.5) is 0 Å². The molecule has 0 spiro atoms. The lowest BCUT2D eigenvalue weighted by atomic mass is 10.0. The monoisotopic (exact) mass is 357 g/mol. The summed E-state index contributed by atoms with van der Waals surface area (Å²) in [5.41, 5.74) is 2.04. The van der Waals surface area contributed by atoms with Crippen molar-refractivity contribution in [2.75, 3.05) is 20.1 Å². The standard InChI is InChI=1S/C20H24ClN3O/c1-22-19(23-20(25)17-8-10-18(21)11-9-17)7-5-3-4-6-16-12-14-24(2)15-13-16/h3,5-11H,1,4,12-15H2,2H3,(H,23,25)/b5-3-,19-7+. The number of rotatable bonds is 6. The quantitative estimate of drug-likeness (QED) is 0.471. The van der Waals surface area contributed by atoms with E-state index in [2.05, 4.69) is 35.1 Å². The Morgan fingerprint density at radius 1 is 1.32 bits per heavy atom. The molecule has 0 radical (unpaired) electrons. The maximum atomic E-state index is 12.1. The molecule has 0 aromatic heterocycles. The Kier molecular flexibility index (Phi) is 7.64. The topological polar surface area (TPSA) is 44.7 Å². The summed E-state index contributed by atoms with van der Waals surface area (Å²) in [6, 6.07) is 6.69. The molecule has 1 aromatic carbocycles. The molecule has 0 bridgehead atoms. The van der Waals surface area contributed by atoms with Crippen molar-refractivity contribution in [3.05, 3.63) is 70.5 Å². The van der Waals surface area contributed by atoms with E-state index >= 15 is 0 Å². The van der Waals surface area contributed by atoms with Crippen molar-refractivity contribution in [2.24, 2.45) is 4.99 Å². The highest BCUT2D eigenvalue weighted by molar-refractivity contribution is 6.30. The van der Waals surface area contributed by atoms with E-state index in [0.29, 0.717) is 16.4 Å². The van der Waals surface area contributed by atoms with Gasteiger partial charge < -0.3 is 10.2 Å². The van der Waals surface area contributed by atoms with Gasteiger partial charge in [-0.1, -0.05) is 35.4 Å². The van der Waals surface area contributed by atoms with E-state index in [9.17, 15) is 4.79 Å². The lowest BCUT2D eigenvalue weighted by Crippen LogP contribution is -2.26. The Morgan fingerprint density at radius 2 is 2.00 bits per heavy atom. The molecule has 2 rings (SSSR count). The van der Waals surface area contributed by atoms with Crippen LogP contribution in [0.5, 0.6) is 0 Å². The molecule has 4 nitrogen and oxygen atoms in total. The van der Waals surface area contributed by atoms with Gasteiger partial charge in [0.2, 0.25) is 0 Å². The van der Waals surface area contributed by atoms with E-state index in [1.807, 2.05) is 12.2 Å². The largest absolute Gasteiger partial charge is 0.307 e. The van der Waals surface area contributed by atoms with E-state index < -0.39 is 0 Å². The number of carbonyl (C=O) groups excluding carboxylic acids is 1. The SMILES string of the molecule is C=N/C(=C\C=C/CC=C1CCN(C)CC1)NC(=O)c1ccc(Cl)cc1. The van der Waals surface area contributed by atoms with Gasteiger partial charge >= 0.3 is 0 Å². The molecule has 1 N–H and O–H groups in total. The van der Waals surface area contributed by atoms with Gasteiger partial charge in [-0.05, 0) is 63.4 Å². The van der Waals surface area contributed by atoms with Crippen LogP contribution in [0, 0.1) is 0 Å². The highest BCUT2D eigenvalue weighted by Crippen LogP contribution is 2.15. The van der Waals surface area contributed by atoms with Gasteiger partial charge in [-0.2, -0.15) is 0 Å². The maximum Gasteiger partial charge on any atom is 0.256 e. The number of aliphatic imine (C=N–C) groups is 1. The summed E-state index contributed by atoms with van der Waals surface area (Å²) in [6.45, 7) is 5.77. The minimum absolute atomic E-state index is 0.239. The smallest absolute Gasteiger partial charge is 0.256 e. The van der Waals surface area contributed by atoms with Crippen molar-refractivity contribution in [3.63, 3.8) is 0 Å². The lowest BCUT2D eigenvalue weighted by Gasteiger charge is -2.23. The van der Waals surface area contributed by atoms with Gasteiger partial charge in [0, 0.05) is 23.7 Å². The zero-order valence-electron chi connectivity index (χ0n) is 14.5. The first kappa shape index (κ1) is 19.2. The molecule has 1 aliphatic rings. The second-order valence-corrected chi connectivity index (χ2v) is 6.44. The molecule has 5 heteroatoms. The number of benzene rings is 1. The molecule has 0 atom stereocenters. The first-order chi connectivity index (χ1) is 12.1. The Morgan fingerprint density at radius 3 is 2.64 bits per heavy atom. The summed E-state index contributed by atoms with van der Waals surface area (Å²) in [4.78, 5) is 18.3. The van der Waals surface area contributed by atoms with Crippen LogP contribution in [0.25, 0.3) is 0 Å². The van der Waals surface area contributed by atoms with E-state index in [4.69, 9.17) is 11.6 Å². The van der Waals surface area contributed by atoms with Gasteiger partial charge in [0.1, 0.15) is 5.82 Å². The number of hydrogen-bond donors (Lipinski definition) is 1. The third-order valence-corrected chi connectivity index (χ3v) is 4.33. The molecule has 1 fully saturated rings. The molecular weight excluding hydrogens is 334 g/mol. The fourth-order valence-electron chi connectivity index (χ4n) is 2.51. The van der Waals surface area contributed by atoms with Gasteiger partial charge in [0.25, 0.3) is 5.91 Å². The minimum atomic E-state index is -0.239. The van der Waals surface area contributed by atoms with E-state index in [1.54, 1.807) is 30.3 Å². The van der Waals surface area contributed by atoms with Crippen molar-refractivity contribution >= 4 is 24.2 Å². The van der Waals surface area contributed by atoms with Gasteiger partial charge in [0.05, 0.1) is 0 Å². The molecule has 0 saturated carbocycles. The van der Waals surface area contributed by atoms with Gasteiger partial charge in [-0.3, -0.25) is 4.79 Å². The molecule has 132 valence electrons. The molecule has 0 unspecified atom stereocenters. The molecule has 1 saturated heterocycles. The average molecular weight is 358 g/mol. The number of nitrogens with zero attached hydrogens (tertiary/aromatic N) is 2. The molecule has 1 aromatic rings. The van der Waals surface area contributed by atoms with Crippen molar-refractivity contribution in [3.8, 4) is 0 Å². The van der Waals surface area contributed by atoms with Crippen LogP contribution in [0.3, 0.4) is 0 Å². The highest BCUT2D eigenvalue weighted by atomic mass is 35.5. The molecule has 1 heterocycles. The normalized spacial score (nSPS) is 16.1. The molecule has 25 heavy (non-hydrogen) atoms. The maximum absolute atomic E-state index is 12.1. The first-order valence-corrected chi connectivity index (χ1v) is 8.73. The summed E-state index contributed by atoms with van der Waals surface area (Å²) in [6.07, 6.45) is 11.1. The summed E-state index contributed by atoms with van der Waals surface area (Å²) in [7, 11) is 2.16. The number of allylic oxidation sites excluding steroid dienone is 4. The van der Waals surface area contributed by atoms with Crippen LogP contribution in [0.2, 0.25) is 5.02 Å². The average Bonchev–Trinajstić information content (AvgIpc) is 2.62. The summed E-state index contributed by atoms with van der Waals surface area (Å²) in [5.74, 6) is 0.181. The van der Waals surface area contributed by atoms with Crippen LogP contribution < -0.4 is 5.32 Å². The predicted octanol–water partition coefficient (Wildman–Crippen LogP) is 4.21. The molecule has 0 aliphatic carbocycles. The summed E-state index contributed by atoms with van der Waals surface area (Å²) in [5, 5.41) is 3.32. The lowest BCUT2D eigenvalue weighted by molar-refractivity contribution is 0.0965. The third kappa shape index (κ3) is 6.69. The second-order valence-electron chi connectivity index (χ2n) is 6.00. The van der Waals surface area contributed by atoms with Gasteiger partial charge in [-0.25, -0.2) is 4.99 Å². The Hall–Kier alpha value is -2.17. The number of piperidine rings is 1. The van der Waals surface area contributed by atoms with Crippen molar-refractivity contribution in [1.29, 1.82) is 0 Å². The van der Waals surface area contributed by atoms with Crippen molar-refractivity contribution in [1.82, 2.24) is 10.2 Å². The zero-order valence-corrected chi connectivity index (χ0v) is 15.3. The Labute approximate surface area is 154 Å². The second kappa shape index (κ2) is 9.97. The van der Waals surface area contributed by atoms with E-state index in [-0.39, 0.29) is 5.91 Å². The third-order valence-electron chi connectivity index (χ3n) is 4.08. The highest BCUT2D eigenvalue weighted by Gasteiger charge is 2.08. The van der Waals surface area contributed by atoms with Crippen LogP contribution >= 0.6 is 11.6 Å². The van der Waals surface area contributed by atoms with E-state index in [1.165, 1.54) is 5.57 Å².